The summed E-state index contributed by atoms with van der Waals surface area (Å²) in [4.78, 5) is 27.5. The number of carbonyl (C=O) groups is 2. The summed E-state index contributed by atoms with van der Waals surface area (Å²) in [5.41, 5.74) is 1.43. The fraction of sp³-hybridized carbons (Fsp3) is 0.647. The Balaban J connectivity index is 0.00000676. The van der Waals surface area contributed by atoms with Gasteiger partial charge in [-0.1, -0.05) is 6.92 Å². The normalized spacial score (nSPS) is 12.7. The van der Waals surface area contributed by atoms with Gasteiger partial charge in [0.2, 0.25) is 0 Å². The molecule has 150 valence electrons. The van der Waals surface area contributed by atoms with Crippen LogP contribution in [0.2, 0.25) is 0 Å². The van der Waals surface area contributed by atoms with E-state index in [-0.39, 0.29) is 32.0 Å². The number of rotatable bonds is 10. The smallest absolute Gasteiger partial charge is 0.355 e. The minimum absolute atomic E-state index is 0. The Morgan fingerprint density at radius 3 is 2.42 bits per heavy atom. The number of aromatic nitrogens is 1. The molecular formula is C17H29NO7S. The molecule has 1 atom stereocenters. The van der Waals surface area contributed by atoms with Crippen LogP contribution in [0.1, 0.15) is 67.1 Å². The van der Waals surface area contributed by atoms with Crippen LogP contribution in [-0.2, 0) is 30.2 Å². The van der Waals surface area contributed by atoms with Gasteiger partial charge in [-0.2, -0.15) is 8.42 Å². The van der Waals surface area contributed by atoms with E-state index >= 15 is 0 Å². The molecule has 1 heterocycles. The molecule has 0 aliphatic carbocycles. The highest BCUT2D eigenvalue weighted by Crippen LogP contribution is 2.22. The zero-order valence-electron chi connectivity index (χ0n) is 15.9. The van der Waals surface area contributed by atoms with Crippen LogP contribution < -0.4 is 0 Å². The third-order valence-corrected chi connectivity index (χ3v) is 4.36. The molecule has 8 nitrogen and oxygen atoms in total. The second-order valence-corrected chi connectivity index (χ2v) is 7.60. The molecule has 0 aliphatic heterocycles. The van der Waals surface area contributed by atoms with E-state index in [4.69, 9.17) is 13.7 Å². The molecule has 26 heavy (non-hydrogen) atoms. The lowest BCUT2D eigenvalue weighted by Gasteiger charge is -2.10. The number of H-pyrrole nitrogens is 1. The summed E-state index contributed by atoms with van der Waals surface area (Å²) in [6.45, 7) is 7.20. The fourth-order valence-electron chi connectivity index (χ4n) is 2.31. The van der Waals surface area contributed by atoms with Crippen molar-refractivity contribution in [2.45, 2.75) is 53.1 Å². The molecule has 0 amide bonds. The highest BCUT2D eigenvalue weighted by molar-refractivity contribution is 7.85. The van der Waals surface area contributed by atoms with Gasteiger partial charge in [-0.25, -0.2) is 9.59 Å². The van der Waals surface area contributed by atoms with Crippen molar-refractivity contribution in [1.29, 1.82) is 0 Å². The number of carbonyl (C=O) groups excluding carboxylic acids is 2. The second kappa shape index (κ2) is 9.72. The Morgan fingerprint density at radius 2 is 1.88 bits per heavy atom. The lowest BCUT2D eigenvalue weighted by molar-refractivity contribution is 0.0327. The van der Waals surface area contributed by atoms with Crippen molar-refractivity contribution in [2.75, 3.05) is 19.5 Å². The van der Waals surface area contributed by atoms with Crippen LogP contribution >= 0.6 is 0 Å². The van der Waals surface area contributed by atoms with Crippen LogP contribution in [0.3, 0.4) is 0 Å². The Hall–Kier alpha value is -1.87. The number of ether oxygens (including phenoxy) is 2. The van der Waals surface area contributed by atoms with Crippen molar-refractivity contribution < 1.29 is 33.1 Å². The lowest BCUT2D eigenvalue weighted by Crippen LogP contribution is -2.15. The van der Waals surface area contributed by atoms with Crippen molar-refractivity contribution in [3.8, 4) is 0 Å². The minimum Gasteiger partial charge on any atom is -0.462 e. The Labute approximate surface area is 155 Å². The van der Waals surface area contributed by atoms with E-state index in [2.05, 4.69) is 4.98 Å². The number of hydrogen-bond donors (Lipinski definition) is 1. The lowest BCUT2D eigenvalue weighted by atomic mass is 10.1. The molecule has 0 saturated heterocycles. The van der Waals surface area contributed by atoms with Gasteiger partial charge in [0.25, 0.3) is 10.1 Å². The van der Waals surface area contributed by atoms with Crippen LogP contribution in [-0.4, -0.2) is 50.9 Å². The fourth-order valence-corrected chi connectivity index (χ4v) is 2.73. The van der Waals surface area contributed by atoms with E-state index < -0.39 is 22.1 Å². The van der Waals surface area contributed by atoms with Crippen LogP contribution in [0.25, 0.3) is 0 Å². The van der Waals surface area contributed by atoms with Crippen LogP contribution in [0, 0.1) is 6.92 Å². The zero-order valence-corrected chi connectivity index (χ0v) is 16.7. The maximum Gasteiger partial charge on any atom is 0.355 e. The topological polar surface area (TPSA) is 112 Å². The third-order valence-electron chi connectivity index (χ3n) is 3.76. The Bertz CT molecular complexity index is 743. The monoisotopic (exact) mass is 391 g/mol. The van der Waals surface area contributed by atoms with Crippen LogP contribution in [0.5, 0.6) is 0 Å². The molecule has 0 aromatic carbocycles. The molecule has 1 rings (SSSR count). The molecule has 1 unspecified atom stereocenters. The molecule has 1 aromatic rings. The maximum atomic E-state index is 12.3. The molecule has 0 saturated carbocycles. The van der Waals surface area contributed by atoms with Crippen molar-refractivity contribution in [3.05, 3.63) is 22.5 Å². The first kappa shape index (κ1) is 22.2. The number of esters is 2. The van der Waals surface area contributed by atoms with Gasteiger partial charge in [-0.05, 0) is 45.6 Å². The maximum absolute atomic E-state index is 12.3. The summed E-state index contributed by atoms with van der Waals surface area (Å²) >= 11 is 0. The van der Waals surface area contributed by atoms with Crippen molar-refractivity contribution in [1.82, 2.24) is 4.98 Å². The summed E-state index contributed by atoms with van der Waals surface area (Å²) in [6, 6.07) is 0. The summed E-state index contributed by atoms with van der Waals surface area (Å²) in [5.74, 6) is -1.08. The molecule has 1 aromatic heterocycles. The standard InChI is InChI=1S/C17H27NO7S.H2/c1-6-11(3)25-17(20)15-12(4)14(16(19)23-7-2)13(18-15)9-8-10-24-26(5,21)22;/h11,18H,6-10H2,1-5H3;1H. The Morgan fingerprint density at radius 1 is 1.23 bits per heavy atom. The quantitative estimate of drug-likeness (QED) is 0.371. The van der Waals surface area contributed by atoms with Gasteiger partial charge in [0, 0.05) is 7.12 Å². The second-order valence-electron chi connectivity index (χ2n) is 5.95. The summed E-state index contributed by atoms with van der Waals surface area (Å²) in [5, 5.41) is 0. The molecule has 1 N–H and O–H groups in total. The summed E-state index contributed by atoms with van der Waals surface area (Å²) < 4.78 is 37.1. The van der Waals surface area contributed by atoms with Gasteiger partial charge in [0.05, 0.1) is 31.1 Å². The number of nitrogens with one attached hydrogen (secondary N) is 1. The van der Waals surface area contributed by atoms with E-state index in [9.17, 15) is 18.0 Å². The van der Waals surface area contributed by atoms with Gasteiger partial charge in [-0.15, -0.1) is 0 Å². The third kappa shape index (κ3) is 6.45. The molecular weight excluding hydrogens is 362 g/mol. The van der Waals surface area contributed by atoms with E-state index in [1.54, 1.807) is 20.8 Å². The average Bonchev–Trinajstić information content (AvgIpc) is 2.87. The van der Waals surface area contributed by atoms with Crippen molar-refractivity contribution in [3.63, 3.8) is 0 Å². The SMILES string of the molecule is CCOC(=O)c1c(CCCOS(C)(=O)=O)[nH]c(C(=O)OC(C)CC)c1C.[HH]. The predicted octanol–water partition coefficient (Wildman–Crippen LogP) is 2.61. The minimum atomic E-state index is -3.52. The Kier molecular flexibility index (Phi) is 8.29. The van der Waals surface area contributed by atoms with E-state index in [1.807, 2.05) is 6.92 Å². The molecule has 0 spiro atoms. The molecule has 0 aliphatic rings. The van der Waals surface area contributed by atoms with Crippen LogP contribution in [0.4, 0.5) is 0 Å². The average molecular weight is 391 g/mol. The zero-order chi connectivity index (χ0) is 19.9. The van der Waals surface area contributed by atoms with E-state index in [1.165, 1.54) is 0 Å². The largest absolute Gasteiger partial charge is 0.462 e. The highest BCUT2D eigenvalue weighted by Gasteiger charge is 2.26. The highest BCUT2D eigenvalue weighted by atomic mass is 32.2. The molecule has 9 heteroatoms. The molecule has 0 radical (unpaired) electrons. The van der Waals surface area contributed by atoms with Crippen molar-refractivity contribution in [2.24, 2.45) is 0 Å². The number of hydrogen-bond acceptors (Lipinski definition) is 7. The van der Waals surface area contributed by atoms with Gasteiger partial charge < -0.3 is 14.5 Å². The predicted molar refractivity (Wildman–Crippen MR) is 97.9 cm³/mol. The number of aromatic amines is 1. The van der Waals surface area contributed by atoms with Crippen molar-refractivity contribution >= 4 is 22.1 Å². The summed E-state index contributed by atoms with van der Waals surface area (Å²) in [7, 11) is -3.52. The number of aryl methyl sites for hydroxylation is 1. The first-order valence-electron chi connectivity index (χ1n) is 8.54. The van der Waals surface area contributed by atoms with Gasteiger partial charge in [0.1, 0.15) is 5.69 Å². The molecule has 0 bridgehead atoms. The first-order valence-corrected chi connectivity index (χ1v) is 10.4. The van der Waals surface area contributed by atoms with Crippen LogP contribution in [0.15, 0.2) is 0 Å². The molecule has 0 fully saturated rings. The van der Waals surface area contributed by atoms with E-state index in [0.29, 0.717) is 30.5 Å². The van der Waals surface area contributed by atoms with Gasteiger partial charge in [-0.3, -0.25) is 4.18 Å². The van der Waals surface area contributed by atoms with Gasteiger partial charge in [0.15, 0.2) is 0 Å². The summed E-state index contributed by atoms with van der Waals surface area (Å²) in [6.07, 6.45) is 2.06. The van der Waals surface area contributed by atoms with Gasteiger partial charge >= 0.3 is 11.9 Å². The first-order chi connectivity index (χ1) is 12.1. The van der Waals surface area contributed by atoms with E-state index in [0.717, 1.165) is 6.26 Å².